The number of nitrogens with zero attached hydrogens (tertiary/aromatic N) is 1. The van der Waals surface area contributed by atoms with Gasteiger partial charge in [0.05, 0.1) is 18.7 Å². The van der Waals surface area contributed by atoms with E-state index < -0.39 is 24.6 Å². The quantitative estimate of drug-likeness (QED) is 0.717. The van der Waals surface area contributed by atoms with Crippen molar-refractivity contribution in [3.05, 3.63) is 59.9 Å². The smallest absolute Gasteiger partial charge is 0.306 e. The minimum Gasteiger partial charge on any atom is -0.487 e. The van der Waals surface area contributed by atoms with E-state index in [9.17, 15) is 15.0 Å². The van der Waals surface area contributed by atoms with Crippen molar-refractivity contribution < 1.29 is 24.9 Å². The first kappa shape index (κ1) is 15.9. The summed E-state index contributed by atoms with van der Waals surface area (Å²) in [6, 6.07) is 11.1. The molecule has 0 aliphatic rings. The first-order valence-electron chi connectivity index (χ1n) is 6.76. The van der Waals surface area contributed by atoms with Crippen LogP contribution < -0.4 is 4.74 Å². The number of aliphatic hydroxyl groups is 2. The van der Waals surface area contributed by atoms with Gasteiger partial charge in [-0.3, -0.25) is 9.78 Å². The molecular weight excluding hydrogens is 286 g/mol. The molecule has 116 valence electrons. The number of aliphatic carboxylic acids is 1. The highest BCUT2D eigenvalue weighted by molar-refractivity contribution is 5.67. The zero-order valence-electron chi connectivity index (χ0n) is 11.8. The Balaban J connectivity index is 2.01. The van der Waals surface area contributed by atoms with Crippen LogP contribution in [0.4, 0.5) is 0 Å². The lowest BCUT2D eigenvalue weighted by Crippen LogP contribution is -2.21. The standard InChI is InChI=1S/C16H17NO5/c18-14(7-15(19)20)16(21)12-6-13(9-17-8-12)22-10-11-4-2-1-3-5-11/h1-6,8-9,14,16,18,21H,7,10H2,(H,19,20). The lowest BCUT2D eigenvalue weighted by atomic mass is 10.0. The summed E-state index contributed by atoms with van der Waals surface area (Å²) in [5, 5.41) is 28.2. The molecule has 0 radical (unpaired) electrons. The van der Waals surface area contributed by atoms with Gasteiger partial charge in [-0.1, -0.05) is 30.3 Å². The van der Waals surface area contributed by atoms with Crippen LogP contribution in [0.2, 0.25) is 0 Å². The summed E-state index contributed by atoms with van der Waals surface area (Å²) in [4.78, 5) is 14.5. The topological polar surface area (TPSA) is 99.9 Å². The number of hydrogen-bond donors (Lipinski definition) is 3. The highest BCUT2D eigenvalue weighted by atomic mass is 16.5. The van der Waals surface area contributed by atoms with Crippen LogP contribution in [0, 0.1) is 0 Å². The molecule has 2 unspecified atom stereocenters. The molecule has 3 N–H and O–H groups in total. The van der Waals surface area contributed by atoms with E-state index in [4.69, 9.17) is 9.84 Å². The molecule has 2 atom stereocenters. The van der Waals surface area contributed by atoms with Crippen molar-refractivity contribution in [1.29, 1.82) is 0 Å². The maximum atomic E-state index is 10.6. The van der Waals surface area contributed by atoms with Gasteiger partial charge in [0.15, 0.2) is 0 Å². The second-order valence-corrected chi connectivity index (χ2v) is 4.84. The van der Waals surface area contributed by atoms with Gasteiger partial charge in [-0.2, -0.15) is 0 Å². The van der Waals surface area contributed by atoms with Gasteiger partial charge in [-0.15, -0.1) is 0 Å². The summed E-state index contributed by atoms with van der Waals surface area (Å²) in [7, 11) is 0. The SMILES string of the molecule is O=C(O)CC(O)C(O)c1cncc(OCc2ccccc2)c1. The number of benzene rings is 1. The predicted molar refractivity (Wildman–Crippen MR) is 78.2 cm³/mol. The number of pyridine rings is 1. The van der Waals surface area contributed by atoms with E-state index in [2.05, 4.69) is 4.98 Å². The molecule has 1 aromatic carbocycles. The number of ether oxygens (including phenoxy) is 1. The normalized spacial score (nSPS) is 13.4. The fraction of sp³-hybridized carbons (Fsp3) is 0.250. The van der Waals surface area contributed by atoms with Gasteiger partial charge >= 0.3 is 5.97 Å². The van der Waals surface area contributed by atoms with Crippen molar-refractivity contribution in [2.45, 2.75) is 25.2 Å². The Labute approximate surface area is 127 Å². The van der Waals surface area contributed by atoms with Crippen molar-refractivity contribution >= 4 is 5.97 Å². The molecule has 0 spiro atoms. The third-order valence-electron chi connectivity index (χ3n) is 3.07. The van der Waals surface area contributed by atoms with Gasteiger partial charge in [-0.25, -0.2) is 0 Å². The van der Waals surface area contributed by atoms with Crippen LogP contribution in [0.5, 0.6) is 5.75 Å². The van der Waals surface area contributed by atoms with Crippen molar-refractivity contribution in [3.63, 3.8) is 0 Å². The van der Waals surface area contributed by atoms with Gasteiger partial charge < -0.3 is 20.1 Å². The number of carboxylic acid groups (broad SMARTS) is 1. The van der Waals surface area contributed by atoms with E-state index in [0.29, 0.717) is 17.9 Å². The number of carboxylic acids is 1. The van der Waals surface area contributed by atoms with E-state index in [1.165, 1.54) is 18.5 Å². The van der Waals surface area contributed by atoms with Crippen LogP contribution in [0.1, 0.15) is 23.7 Å². The zero-order chi connectivity index (χ0) is 15.9. The molecule has 0 amide bonds. The molecule has 2 rings (SSSR count). The monoisotopic (exact) mass is 303 g/mol. The zero-order valence-corrected chi connectivity index (χ0v) is 11.8. The van der Waals surface area contributed by atoms with Crippen LogP contribution in [0.15, 0.2) is 48.8 Å². The van der Waals surface area contributed by atoms with E-state index in [1.54, 1.807) is 0 Å². The third kappa shape index (κ3) is 4.54. The minimum absolute atomic E-state index is 0.305. The molecule has 0 fully saturated rings. The summed E-state index contributed by atoms with van der Waals surface area (Å²) >= 11 is 0. The van der Waals surface area contributed by atoms with Crippen molar-refractivity contribution in [1.82, 2.24) is 4.98 Å². The van der Waals surface area contributed by atoms with Crippen molar-refractivity contribution in [2.24, 2.45) is 0 Å². The Morgan fingerprint density at radius 2 is 1.91 bits per heavy atom. The summed E-state index contributed by atoms with van der Waals surface area (Å²) in [6.07, 6.45) is -0.419. The number of aromatic nitrogens is 1. The third-order valence-corrected chi connectivity index (χ3v) is 3.07. The number of aliphatic hydroxyl groups excluding tert-OH is 2. The Morgan fingerprint density at radius 3 is 2.59 bits per heavy atom. The molecule has 6 heteroatoms. The summed E-state index contributed by atoms with van der Waals surface area (Å²) in [5.41, 5.74) is 1.29. The maximum Gasteiger partial charge on any atom is 0.306 e. The Kier molecular flexibility index (Phi) is 5.46. The molecular formula is C16H17NO5. The first-order chi connectivity index (χ1) is 10.6. The van der Waals surface area contributed by atoms with E-state index in [0.717, 1.165) is 5.56 Å². The van der Waals surface area contributed by atoms with Crippen molar-refractivity contribution in [3.8, 4) is 5.75 Å². The van der Waals surface area contributed by atoms with Gasteiger partial charge in [0.2, 0.25) is 0 Å². The second-order valence-electron chi connectivity index (χ2n) is 4.84. The van der Waals surface area contributed by atoms with E-state index >= 15 is 0 Å². The minimum atomic E-state index is -1.40. The van der Waals surface area contributed by atoms with Crippen LogP contribution in [-0.2, 0) is 11.4 Å². The van der Waals surface area contributed by atoms with Crippen LogP contribution >= 0.6 is 0 Å². The predicted octanol–water partition coefficient (Wildman–Crippen LogP) is 1.53. The van der Waals surface area contributed by atoms with Gasteiger partial charge in [0.25, 0.3) is 0 Å². The molecule has 0 aliphatic carbocycles. The average Bonchev–Trinajstić information content (AvgIpc) is 2.53. The van der Waals surface area contributed by atoms with Gasteiger partial charge in [0, 0.05) is 11.8 Å². The number of carbonyl (C=O) groups is 1. The fourth-order valence-corrected chi connectivity index (χ4v) is 1.93. The molecule has 0 saturated heterocycles. The summed E-state index contributed by atoms with van der Waals surface area (Å²) in [5.74, 6) is -0.751. The molecule has 0 aliphatic heterocycles. The summed E-state index contributed by atoms with van der Waals surface area (Å²) in [6.45, 7) is 0.347. The first-order valence-corrected chi connectivity index (χ1v) is 6.76. The molecule has 2 aromatic rings. The number of hydrogen-bond acceptors (Lipinski definition) is 5. The maximum absolute atomic E-state index is 10.6. The van der Waals surface area contributed by atoms with Crippen molar-refractivity contribution in [2.75, 3.05) is 0 Å². The van der Waals surface area contributed by atoms with E-state index in [-0.39, 0.29) is 0 Å². The van der Waals surface area contributed by atoms with Crippen LogP contribution in [0.3, 0.4) is 0 Å². The molecule has 1 heterocycles. The largest absolute Gasteiger partial charge is 0.487 e. The van der Waals surface area contributed by atoms with E-state index in [1.807, 2.05) is 30.3 Å². The highest BCUT2D eigenvalue weighted by Crippen LogP contribution is 2.22. The van der Waals surface area contributed by atoms with Gasteiger partial charge in [-0.05, 0) is 11.6 Å². The highest BCUT2D eigenvalue weighted by Gasteiger charge is 2.21. The molecule has 0 bridgehead atoms. The average molecular weight is 303 g/mol. The lowest BCUT2D eigenvalue weighted by Gasteiger charge is -2.16. The molecule has 6 nitrogen and oxygen atoms in total. The fourth-order valence-electron chi connectivity index (χ4n) is 1.93. The Bertz CT molecular complexity index is 617. The van der Waals surface area contributed by atoms with Gasteiger partial charge in [0.1, 0.15) is 18.5 Å². The summed E-state index contributed by atoms with van der Waals surface area (Å²) < 4.78 is 5.57. The molecule has 1 aromatic heterocycles. The Morgan fingerprint density at radius 1 is 1.18 bits per heavy atom. The molecule has 22 heavy (non-hydrogen) atoms. The second kappa shape index (κ2) is 7.53. The van der Waals surface area contributed by atoms with Crippen LogP contribution in [-0.4, -0.2) is 32.4 Å². The molecule has 0 saturated carbocycles. The Hall–Kier alpha value is -2.44. The lowest BCUT2D eigenvalue weighted by molar-refractivity contribution is -0.141. The number of rotatable bonds is 7. The van der Waals surface area contributed by atoms with Crippen LogP contribution in [0.25, 0.3) is 0 Å².